The molecule has 1 saturated carbocycles. The van der Waals surface area contributed by atoms with Crippen molar-refractivity contribution < 1.29 is 4.42 Å². The van der Waals surface area contributed by atoms with Gasteiger partial charge in [0.05, 0.1) is 12.7 Å². The van der Waals surface area contributed by atoms with Crippen LogP contribution in [0.1, 0.15) is 25.0 Å². The normalized spacial score (nSPS) is 19.1. The van der Waals surface area contributed by atoms with Crippen molar-refractivity contribution in [3.8, 4) is 0 Å². The van der Waals surface area contributed by atoms with Crippen LogP contribution >= 0.6 is 0 Å². The Balaban J connectivity index is 1.77. The highest BCUT2D eigenvalue weighted by atomic mass is 16.3. The third-order valence-corrected chi connectivity index (χ3v) is 3.47. The SMILES string of the molecule is CN(C)C1(CNCc2cnco2)CCC1. The van der Waals surface area contributed by atoms with Gasteiger partial charge in [0, 0.05) is 12.1 Å². The van der Waals surface area contributed by atoms with Crippen molar-refractivity contribution in [2.24, 2.45) is 0 Å². The molecule has 4 nitrogen and oxygen atoms in total. The van der Waals surface area contributed by atoms with Gasteiger partial charge in [0.25, 0.3) is 0 Å². The molecular formula is C11H19N3O. The van der Waals surface area contributed by atoms with E-state index in [0.29, 0.717) is 5.54 Å². The van der Waals surface area contributed by atoms with Gasteiger partial charge in [0.2, 0.25) is 0 Å². The highest BCUT2D eigenvalue weighted by Gasteiger charge is 2.38. The van der Waals surface area contributed by atoms with Crippen LogP contribution in [0.4, 0.5) is 0 Å². The number of hydrogen-bond acceptors (Lipinski definition) is 4. The van der Waals surface area contributed by atoms with Crippen LogP contribution in [-0.2, 0) is 6.54 Å². The second-order valence-corrected chi connectivity index (χ2v) is 4.54. The predicted molar refractivity (Wildman–Crippen MR) is 58.5 cm³/mol. The molecule has 1 fully saturated rings. The molecule has 0 aliphatic heterocycles. The van der Waals surface area contributed by atoms with Gasteiger partial charge in [0.1, 0.15) is 5.76 Å². The van der Waals surface area contributed by atoms with Crippen LogP contribution in [0.15, 0.2) is 17.0 Å². The van der Waals surface area contributed by atoms with Gasteiger partial charge in [-0.1, -0.05) is 0 Å². The molecule has 1 heterocycles. The van der Waals surface area contributed by atoms with E-state index in [9.17, 15) is 0 Å². The highest BCUT2D eigenvalue weighted by molar-refractivity contribution is 4.98. The minimum Gasteiger partial charge on any atom is -0.447 e. The third-order valence-electron chi connectivity index (χ3n) is 3.47. The summed E-state index contributed by atoms with van der Waals surface area (Å²) in [5.74, 6) is 0.906. The van der Waals surface area contributed by atoms with E-state index in [4.69, 9.17) is 4.42 Å². The summed E-state index contributed by atoms with van der Waals surface area (Å²) in [6, 6.07) is 0. The molecular weight excluding hydrogens is 190 g/mol. The summed E-state index contributed by atoms with van der Waals surface area (Å²) in [6.07, 6.45) is 7.17. The number of likely N-dealkylation sites (N-methyl/N-ethyl adjacent to an activating group) is 1. The van der Waals surface area contributed by atoms with Gasteiger partial charge >= 0.3 is 0 Å². The van der Waals surface area contributed by atoms with Crippen LogP contribution in [0.2, 0.25) is 0 Å². The molecule has 1 N–H and O–H groups in total. The van der Waals surface area contributed by atoms with Crippen molar-refractivity contribution in [1.29, 1.82) is 0 Å². The molecule has 0 unspecified atom stereocenters. The largest absolute Gasteiger partial charge is 0.447 e. The lowest BCUT2D eigenvalue weighted by Crippen LogP contribution is -2.56. The lowest BCUT2D eigenvalue weighted by atomic mass is 9.75. The zero-order chi connectivity index (χ0) is 10.7. The summed E-state index contributed by atoms with van der Waals surface area (Å²) in [4.78, 5) is 6.23. The van der Waals surface area contributed by atoms with Crippen molar-refractivity contribution in [3.63, 3.8) is 0 Å². The van der Waals surface area contributed by atoms with E-state index < -0.39 is 0 Å². The number of nitrogens with zero attached hydrogens (tertiary/aromatic N) is 2. The second-order valence-electron chi connectivity index (χ2n) is 4.54. The average molecular weight is 209 g/mol. The van der Waals surface area contributed by atoms with Gasteiger partial charge in [-0.15, -0.1) is 0 Å². The first-order chi connectivity index (χ1) is 7.23. The lowest BCUT2D eigenvalue weighted by Gasteiger charge is -2.47. The van der Waals surface area contributed by atoms with Crippen molar-refractivity contribution in [2.45, 2.75) is 31.3 Å². The molecule has 0 saturated heterocycles. The first kappa shape index (κ1) is 10.6. The van der Waals surface area contributed by atoms with Crippen molar-refractivity contribution in [3.05, 3.63) is 18.4 Å². The first-order valence-electron chi connectivity index (χ1n) is 5.48. The van der Waals surface area contributed by atoms with Crippen molar-refractivity contribution in [1.82, 2.24) is 15.2 Å². The lowest BCUT2D eigenvalue weighted by molar-refractivity contribution is 0.0593. The zero-order valence-electron chi connectivity index (χ0n) is 9.49. The number of nitrogens with one attached hydrogen (secondary N) is 1. The molecule has 1 aliphatic rings. The number of oxazole rings is 1. The summed E-state index contributed by atoms with van der Waals surface area (Å²) >= 11 is 0. The van der Waals surface area contributed by atoms with Gasteiger partial charge < -0.3 is 14.6 Å². The first-order valence-corrected chi connectivity index (χ1v) is 5.48. The maximum Gasteiger partial charge on any atom is 0.180 e. The molecule has 0 spiro atoms. The summed E-state index contributed by atoms with van der Waals surface area (Å²) in [5.41, 5.74) is 0.375. The van der Waals surface area contributed by atoms with Crippen LogP contribution in [0.5, 0.6) is 0 Å². The average Bonchev–Trinajstić information content (AvgIpc) is 2.61. The standard InChI is InChI=1S/C11H19N3O/c1-14(2)11(4-3-5-11)8-12-6-10-7-13-9-15-10/h7,9,12H,3-6,8H2,1-2H3. The predicted octanol–water partition coefficient (Wildman–Crippen LogP) is 1.25. The van der Waals surface area contributed by atoms with E-state index in [1.165, 1.54) is 25.7 Å². The van der Waals surface area contributed by atoms with Crippen LogP contribution in [0.3, 0.4) is 0 Å². The number of hydrogen-bond donors (Lipinski definition) is 1. The quantitative estimate of drug-likeness (QED) is 0.792. The van der Waals surface area contributed by atoms with E-state index in [2.05, 4.69) is 29.3 Å². The van der Waals surface area contributed by atoms with Crippen molar-refractivity contribution in [2.75, 3.05) is 20.6 Å². The molecule has 4 heteroatoms. The summed E-state index contributed by atoms with van der Waals surface area (Å²) in [6.45, 7) is 1.80. The molecule has 1 aromatic heterocycles. The van der Waals surface area contributed by atoms with Gasteiger partial charge in [-0.25, -0.2) is 4.98 Å². The number of rotatable bonds is 5. The minimum absolute atomic E-state index is 0.375. The molecule has 0 atom stereocenters. The molecule has 0 radical (unpaired) electrons. The maximum absolute atomic E-state index is 5.17. The molecule has 0 amide bonds. The van der Waals surface area contributed by atoms with Gasteiger partial charge in [-0.05, 0) is 33.4 Å². The molecule has 1 aliphatic carbocycles. The molecule has 84 valence electrons. The second kappa shape index (κ2) is 4.33. The fourth-order valence-electron chi connectivity index (χ4n) is 2.11. The minimum atomic E-state index is 0.375. The van der Waals surface area contributed by atoms with Crippen LogP contribution in [0.25, 0.3) is 0 Å². The van der Waals surface area contributed by atoms with E-state index in [1.807, 2.05) is 0 Å². The van der Waals surface area contributed by atoms with Crippen molar-refractivity contribution >= 4 is 0 Å². The Kier molecular flexibility index (Phi) is 3.07. The molecule has 0 bridgehead atoms. The smallest absolute Gasteiger partial charge is 0.180 e. The molecule has 1 aromatic rings. The highest BCUT2D eigenvalue weighted by Crippen LogP contribution is 2.35. The number of aromatic nitrogens is 1. The van der Waals surface area contributed by atoms with Gasteiger partial charge in [0.15, 0.2) is 6.39 Å². The summed E-state index contributed by atoms with van der Waals surface area (Å²) < 4.78 is 5.17. The summed E-state index contributed by atoms with van der Waals surface area (Å²) in [7, 11) is 4.32. The Hall–Kier alpha value is -0.870. The van der Waals surface area contributed by atoms with E-state index in [0.717, 1.165) is 18.8 Å². The van der Waals surface area contributed by atoms with Crippen LogP contribution < -0.4 is 5.32 Å². The summed E-state index contributed by atoms with van der Waals surface area (Å²) in [5, 5.41) is 3.44. The Morgan fingerprint density at radius 1 is 1.53 bits per heavy atom. The van der Waals surface area contributed by atoms with E-state index >= 15 is 0 Å². The molecule has 2 rings (SSSR count). The maximum atomic E-state index is 5.17. The van der Waals surface area contributed by atoms with E-state index in [-0.39, 0.29) is 0 Å². The van der Waals surface area contributed by atoms with Crippen LogP contribution in [-0.4, -0.2) is 36.1 Å². The monoisotopic (exact) mass is 209 g/mol. The van der Waals surface area contributed by atoms with E-state index in [1.54, 1.807) is 6.20 Å². The Bertz CT molecular complexity index is 291. The third kappa shape index (κ3) is 2.21. The zero-order valence-corrected chi connectivity index (χ0v) is 9.49. The fraction of sp³-hybridized carbons (Fsp3) is 0.727. The molecule has 0 aromatic carbocycles. The topological polar surface area (TPSA) is 41.3 Å². The Morgan fingerprint density at radius 3 is 2.80 bits per heavy atom. The van der Waals surface area contributed by atoms with Gasteiger partial charge in [-0.2, -0.15) is 0 Å². The Labute approximate surface area is 90.7 Å². The molecule has 15 heavy (non-hydrogen) atoms. The Morgan fingerprint density at radius 2 is 2.33 bits per heavy atom. The van der Waals surface area contributed by atoms with Gasteiger partial charge in [-0.3, -0.25) is 0 Å². The van der Waals surface area contributed by atoms with Crippen LogP contribution in [0, 0.1) is 0 Å². The fourth-order valence-corrected chi connectivity index (χ4v) is 2.11.